The van der Waals surface area contributed by atoms with Gasteiger partial charge in [-0.05, 0) is 0 Å². The van der Waals surface area contributed by atoms with Crippen LogP contribution in [0, 0.1) is 19.1 Å². The molecule has 0 aliphatic rings. The average molecular weight is 436 g/mol. The third-order valence-corrected chi connectivity index (χ3v) is 5.14. The minimum absolute atomic E-state index is 0. The average Bonchev–Trinajstić information content (AvgIpc) is 2.51. The van der Waals surface area contributed by atoms with Crippen molar-refractivity contribution in [2.75, 3.05) is 0 Å². The first-order chi connectivity index (χ1) is 10.5. The summed E-state index contributed by atoms with van der Waals surface area (Å²) in [7, 11) is 0. The van der Waals surface area contributed by atoms with E-state index in [9.17, 15) is 0 Å². The van der Waals surface area contributed by atoms with Crippen molar-refractivity contribution < 1.29 is 49.7 Å². The van der Waals surface area contributed by atoms with Crippen LogP contribution in [-0.4, -0.2) is 4.73 Å². The van der Waals surface area contributed by atoms with Crippen LogP contribution in [0.1, 0.15) is 62.6 Å². The molecule has 0 aliphatic heterocycles. The number of benzene rings is 1. The summed E-state index contributed by atoms with van der Waals surface area (Å²) in [6.45, 7) is 14.4. The SMILES string of the molecule is [CH-]=C/C=C(\[C-]=[V])SCc1[c-]c(C(C)C[CH-]C)c(C(C)C)cc1.[Y+3]. The van der Waals surface area contributed by atoms with Gasteiger partial charge in [-0.15, -0.1) is 0 Å². The van der Waals surface area contributed by atoms with Crippen LogP contribution in [0.5, 0.6) is 0 Å². The van der Waals surface area contributed by atoms with E-state index in [-0.39, 0.29) is 32.7 Å². The van der Waals surface area contributed by atoms with Crippen LogP contribution in [0.15, 0.2) is 29.2 Å². The molecule has 119 valence electrons. The molecule has 1 atom stereocenters. The molecule has 0 bridgehead atoms. The van der Waals surface area contributed by atoms with Crippen molar-refractivity contribution in [2.24, 2.45) is 0 Å². The van der Waals surface area contributed by atoms with Gasteiger partial charge in [0.15, 0.2) is 0 Å². The maximum absolute atomic E-state index is 5.45. The first-order valence-electron chi connectivity index (χ1n) is 7.64. The molecule has 0 radical (unpaired) electrons. The Morgan fingerprint density at radius 1 is 1.43 bits per heavy atom. The third-order valence-electron chi connectivity index (χ3n) is 3.52. The van der Waals surface area contributed by atoms with E-state index >= 15 is 0 Å². The molecule has 0 aromatic heterocycles. The Kier molecular flexibility index (Phi) is 13.2. The predicted molar refractivity (Wildman–Crippen MR) is 95.6 cm³/mol. The van der Waals surface area contributed by atoms with Gasteiger partial charge < -0.3 is 0 Å². The fraction of sp³-hybridized carbons (Fsp3) is 0.400. The van der Waals surface area contributed by atoms with Gasteiger partial charge in [0, 0.05) is 0 Å². The molecule has 0 aliphatic carbocycles. The van der Waals surface area contributed by atoms with Gasteiger partial charge in [-0.2, -0.15) is 0 Å². The Bertz CT molecular complexity index is 534. The van der Waals surface area contributed by atoms with Gasteiger partial charge in [0.25, 0.3) is 0 Å². The monoisotopic (exact) mass is 436 g/mol. The van der Waals surface area contributed by atoms with Crippen molar-refractivity contribution in [3.05, 3.63) is 64.9 Å². The predicted octanol–water partition coefficient (Wildman–Crippen LogP) is 5.66. The molecule has 1 aromatic rings. The zero-order chi connectivity index (χ0) is 16.5. The fourth-order valence-electron chi connectivity index (χ4n) is 2.39. The van der Waals surface area contributed by atoms with E-state index in [0.717, 1.165) is 17.1 Å². The number of thioether (sulfide) groups is 1. The molecule has 0 heterocycles. The van der Waals surface area contributed by atoms with Crippen molar-refractivity contribution in [1.82, 2.24) is 0 Å². The van der Waals surface area contributed by atoms with Gasteiger partial charge in [-0.1, -0.05) is 0 Å². The van der Waals surface area contributed by atoms with Crippen molar-refractivity contribution in [1.29, 1.82) is 0 Å². The Morgan fingerprint density at radius 2 is 2.13 bits per heavy atom. The van der Waals surface area contributed by atoms with E-state index in [0.29, 0.717) is 11.8 Å². The van der Waals surface area contributed by atoms with Crippen LogP contribution in [0.4, 0.5) is 0 Å². The smallest absolute Gasteiger partial charge is 3.00 e. The maximum Gasteiger partial charge on any atom is 3.00 e. The van der Waals surface area contributed by atoms with E-state index in [1.54, 1.807) is 17.8 Å². The van der Waals surface area contributed by atoms with Crippen LogP contribution >= 0.6 is 11.8 Å². The molecule has 0 fully saturated rings. The quantitative estimate of drug-likeness (QED) is 0.356. The molecule has 0 spiro atoms. The second-order valence-corrected chi connectivity index (χ2v) is 7.04. The molecule has 3 heteroatoms. The molecule has 1 unspecified atom stereocenters. The molecule has 23 heavy (non-hydrogen) atoms. The largest absolute Gasteiger partial charge is 3.00 e. The van der Waals surface area contributed by atoms with Crippen LogP contribution in [0.25, 0.3) is 0 Å². The van der Waals surface area contributed by atoms with Gasteiger partial charge in [0.1, 0.15) is 0 Å². The second-order valence-electron chi connectivity index (χ2n) is 5.68. The van der Waals surface area contributed by atoms with Crippen molar-refractivity contribution in [2.45, 2.75) is 51.7 Å². The molecule has 0 saturated carbocycles. The number of hydrogen-bond acceptors (Lipinski definition) is 1. The number of rotatable bonds is 9. The van der Waals surface area contributed by atoms with Gasteiger partial charge in [0.05, 0.1) is 0 Å². The maximum atomic E-state index is 5.45. The number of hydrogen-bond donors (Lipinski definition) is 0. The first kappa shape index (κ1) is 23.6. The van der Waals surface area contributed by atoms with E-state index in [4.69, 9.17) is 6.58 Å². The van der Waals surface area contributed by atoms with E-state index in [1.807, 2.05) is 6.08 Å². The minimum atomic E-state index is 0. The van der Waals surface area contributed by atoms with Crippen molar-refractivity contribution in [3.63, 3.8) is 0 Å². The molecule has 0 nitrogen and oxygen atoms in total. The van der Waals surface area contributed by atoms with Crippen LogP contribution < -0.4 is 0 Å². The van der Waals surface area contributed by atoms with Crippen molar-refractivity contribution >= 4 is 16.5 Å². The number of allylic oxidation sites excluding steroid dienone is 3. The first-order valence-corrected chi connectivity index (χ1v) is 9.32. The Hall–Kier alpha value is 0.608. The molecular weight excluding hydrogens is 412 g/mol. The second kappa shape index (κ2) is 12.9. The summed E-state index contributed by atoms with van der Waals surface area (Å²) in [4.78, 5) is 1.04. The van der Waals surface area contributed by atoms with Gasteiger partial charge in [-0.3, -0.25) is 0 Å². The van der Waals surface area contributed by atoms with Crippen LogP contribution in [0.3, 0.4) is 0 Å². The van der Waals surface area contributed by atoms with Crippen LogP contribution in [0.2, 0.25) is 0 Å². The molecule has 0 N–H and O–H groups in total. The Morgan fingerprint density at radius 3 is 2.65 bits per heavy atom. The summed E-state index contributed by atoms with van der Waals surface area (Å²) >= 11 is 4.09. The normalized spacial score (nSPS) is 12.6. The third kappa shape index (κ3) is 8.02. The summed E-state index contributed by atoms with van der Waals surface area (Å²) in [5.74, 6) is 1.93. The molecule has 1 rings (SSSR count). The van der Waals surface area contributed by atoms with E-state index in [2.05, 4.69) is 74.0 Å². The van der Waals surface area contributed by atoms with Gasteiger partial charge >= 0.3 is 183 Å². The van der Waals surface area contributed by atoms with E-state index in [1.165, 1.54) is 16.7 Å². The summed E-state index contributed by atoms with van der Waals surface area (Å²) < 4.78 is 3.09. The standard InChI is InChI=1S/C20H24S.V.Y/c1-7-9-16(5)20-13-18(11-12-19(20)15(3)4)14-21-17(6)10-8-2;;/h2,7-8,10-12,15-16H,9,14H2,1,3-5H3;;/q-4;;+3/b17-10+;;. The van der Waals surface area contributed by atoms with Gasteiger partial charge in [0.2, 0.25) is 0 Å². The Balaban J connectivity index is 0.00000484. The molecule has 0 amide bonds. The summed E-state index contributed by atoms with van der Waals surface area (Å²) in [6, 6.07) is 8.13. The van der Waals surface area contributed by atoms with E-state index < -0.39 is 0 Å². The molecule has 0 saturated heterocycles. The summed E-state index contributed by atoms with van der Waals surface area (Å²) in [6.07, 6.45) is 6.76. The zero-order valence-electron chi connectivity index (χ0n) is 14.5. The fourth-order valence-corrected chi connectivity index (χ4v) is 3.53. The minimum Gasteiger partial charge on any atom is 3.00 e. The van der Waals surface area contributed by atoms with Crippen LogP contribution in [-0.2, 0) is 55.4 Å². The summed E-state index contributed by atoms with van der Waals surface area (Å²) in [5, 5.41) is 0. The topological polar surface area (TPSA) is 0 Å². The molecular formula is C20H24SVY-. The summed E-state index contributed by atoms with van der Waals surface area (Å²) in [5.41, 5.74) is 4.01. The molecule has 1 aromatic carbocycles. The Labute approximate surface area is 181 Å². The van der Waals surface area contributed by atoms with Crippen molar-refractivity contribution in [3.8, 4) is 0 Å². The van der Waals surface area contributed by atoms with Gasteiger partial charge in [-0.25, -0.2) is 0 Å². The zero-order valence-corrected chi connectivity index (χ0v) is 19.5.